The Kier molecular flexibility index (Phi) is 9.57. The summed E-state index contributed by atoms with van der Waals surface area (Å²) in [5.41, 5.74) is 2.02. The minimum Gasteiger partial charge on any atom is -0.494 e. The van der Waals surface area contributed by atoms with E-state index in [4.69, 9.17) is 4.74 Å². The number of aromatic nitrogens is 1. The van der Waals surface area contributed by atoms with Crippen LogP contribution >= 0.6 is 35.3 Å². The summed E-state index contributed by atoms with van der Waals surface area (Å²) in [6, 6.07) is 5.17. The molecule has 1 aromatic heterocycles. The van der Waals surface area contributed by atoms with Crippen molar-refractivity contribution in [2.75, 3.05) is 40.3 Å². The molecule has 29 heavy (non-hydrogen) atoms. The van der Waals surface area contributed by atoms with Gasteiger partial charge in [-0.1, -0.05) is 13.0 Å². The summed E-state index contributed by atoms with van der Waals surface area (Å²) in [6.07, 6.45) is 0.972. The van der Waals surface area contributed by atoms with Gasteiger partial charge in [0.2, 0.25) is 0 Å². The monoisotopic (exact) mass is 533 g/mol. The molecule has 1 fully saturated rings. The van der Waals surface area contributed by atoms with Crippen molar-refractivity contribution in [3.8, 4) is 5.75 Å². The minimum absolute atomic E-state index is 0. The third kappa shape index (κ3) is 6.51. The lowest BCUT2D eigenvalue weighted by Crippen LogP contribution is -2.52. The van der Waals surface area contributed by atoms with Gasteiger partial charge in [-0.3, -0.25) is 9.89 Å². The summed E-state index contributed by atoms with van der Waals surface area (Å²) in [7, 11) is 3.29. The lowest BCUT2D eigenvalue weighted by molar-refractivity contribution is 0.172. The van der Waals surface area contributed by atoms with Crippen molar-refractivity contribution in [2.24, 2.45) is 4.99 Å². The number of hydrogen-bond donors (Lipinski definition) is 1. The molecule has 3 rings (SSSR count). The Morgan fingerprint density at radius 3 is 2.66 bits per heavy atom. The van der Waals surface area contributed by atoms with Crippen LogP contribution in [0.2, 0.25) is 0 Å². The highest BCUT2D eigenvalue weighted by molar-refractivity contribution is 14.0. The maximum absolute atomic E-state index is 13.9. The number of halogens is 2. The zero-order valence-corrected chi connectivity index (χ0v) is 20.3. The fourth-order valence-electron chi connectivity index (χ4n) is 3.28. The van der Waals surface area contributed by atoms with Crippen LogP contribution in [0.3, 0.4) is 0 Å². The van der Waals surface area contributed by atoms with Crippen LogP contribution in [0.4, 0.5) is 4.39 Å². The molecule has 160 valence electrons. The Balaban J connectivity index is 0.00000300. The largest absolute Gasteiger partial charge is 0.494 e. The van der Waals surface area contributed by atoms with E-state index in [0.717, 1.165) is 61.4 Å². The zero-order chi connectivity index (χ0) is 19.9. The molecule has 0 saturated carbocycles. The standard InChI is InChI=1S/C20H28FN5OS.HI/c1-4-19-24-16(14-28-19)12-23-20(22-2)26-9-7-25(8-10-26)13-15-5-6-18(27-3)17(21)11-15;/h5-6,11,14H,4,7-10,12-13H2,1-3H3,(H,22,23);1H. The molecule has 1 aliphatic rings. The lowest BCUT2D eigenvalue weighted by atomic mass is 10.2. The number of aliphatic imine (C=N–C) groups is 1. The highest BCUT2D eigenvalue weighted by atomic mass is 127. The van der Waals surface area contributed by atoms with Crippen molar-refractivity contribution in [3.63, 3.8) is 0 Å². The maximum Gasteiger partial charge on any atom is 0.194 e. The summed E-state index contributed by atoms with van der Waals surface area (Å²) in [4.78, 5) is 13.6. The second kappa shape index (κ2) is 11.7. The van der Waals surface area contributed by atoms with E-state index >= 15 is 0 Å². The molecule has 2 heterocycles. The quantitative estimate of drug-likeness (QED) is 0.351. The molecule has 0 aliphatic carbocycles. The molecular weight excluding hydrogens is 504 g/mol. The van der Waals surface area contributed by atoms with Crippen molar-refractivity contribution in [3.05, 3.63) is 45.7 Å². The number of guanidine groups is 1. The van der Waals surface area contributed by atoms with Gasteiger partial charge in [0.15, 0.2) is 17.5 Å². The van der Waals surface area contributed by atoms with Gasteiger partial charge in [-0.05, 0) is 24.1 Å². The van der Waals surface area contributed by atoms with Crippen molar-refractivity contribution < 1.29 is 9.13 Å². The first-order chi connectivity index (χ1) is 13.6. The highest BCUT2D eigenvalue weighted by Gasteiger charge is 2.20. The fourth-order valence-corrected chi connectivity index (χ4v) is 4.02. The minimum atomic E-state index is -0.309. The molecule has 1 aliphatic heterocycles. The van der Waals surface area contributed by atoms with Crippen LogP contribution in [-0.2, 0) is 19.5 Å². The number of benzene rings is 1. The number of nitrogens with one attached hydrogen (secondary N) is 1. The van der Waals surface area contributed by atoms with Crippen LogP contribution in [0, 0.1) is 5.82 Å². The van der Waals surface area contributed by atoms with Gasteiger partial charge >= 0.3 is 0 Å². The molecule has 0 radical (unpaired) electrons. The zero-order valence-electron chi connectivity index (χ0n) is 17.2. The van der Waals surface area contributed by atoms with E-state index in [-0.39, 0.29) is 35.5 Å². The van der Waals surface area contributed by atoms with E-state index in [2.05, 4.69) is 37.4 Å². The van der Waals surface area contributed by atoms with E-state index in [1.807, 2.05) is 13.1 Å². The molecule has 0 spiro atoms. The van der Waals surface area contributed by atoms with Gasteiger partial charge in [0, 0.05) is 45.2 Å². The van der Waals surface area contributed by atoms with Crippen molar-refractivity contribution in [1.82, 2.24) is 20.1 Å². The van der Waals surface area contributed by atoms with Crippen LogP contribution < -0.4 is 10.1 Å². The highest BCUT2D eigenvalue weighted by Crippen LogP contribution is 2.19. The summed E-state index contributed by atoms with van der Waals surface area (Å²) in [6.45, 7) is 7.13. The number of nitrogens with zero attached hydrogens (tertiary/aromatic N) is 4. The van der Waals surface area contributed by atoms with Crippen LogP contribution in [-0.4, -0.2) is 61.1 Å². The van der Waals surface area contributed by atoms with E-state index in [0.29, 0.717) is 6.54 Å². The number of piperazine rings is 1. The van der Waals surface area contributed by atoms with Gasteiger partial charge in [0.1, 0.15) is 0 Å². The Hall–Kier alpha value is -1.46. The number of methoxy groups -OCH3 is 1. The smallest absolute Gasteiger partial charge is 0.194 e. The molecule has 1 N–H and O–H groups in total. The second-order valence-electron chi connectivity index (χ2n) is 6.72. The molecule has 6 nitrogen and oxygen atoms in total. The van der Waals surface area contributed by atoms with Gasteiger partial charge in [0.25, 0.3) is 0 Å². The van der Waals surface area contributed by atoms with Gasteiger partial charge in [-0.15, -0.1) is 35.3 Å². The summed E-state index contributed by atoms with van der Waals surface area (Å²) in [5.74, 6) is 0.882. The van der Waals surface area contributed by atoms with Crippen LogP contribution in [0.15, 0.2) is 28.6 Å². The predicted octanol–water partition coefficient (Wildman–Crippen LogP) is 3.36. The molecule has 0 atom stereocenters. The number of ether oxygens (including phenoxy) is 1. The van der Waals surface area contributed by atoms with E-state index in [1.165, 1.54) is 7.11 Å². The average Bonchev–Trinajstić information content (AvgIpc) is 3.18. The number of hydrogen-bond acceptors (Lipinski definition) is 5. The van der Waals surface area contributed by atoms with E-state index < -0.39 is 0 Å². The van der Waals surface area contributed by atoms with Gasteiger partial charge in [0.05, 0.1) is 24.4 Å². The van der Waals surface area contributed by atoms with Crippen molar-refractivity contribution in [1.29, 1.82) is 0 Å². The number of rotatable bonds is 6. The third-order valence-electron chi connectivity index (χ3n) is 4.84. The molecular formula is C20H29FIN5OS. The SMILES string of the molecule is CCc1nc(CNC(=NC)N2CCN(Cc3ccc(OC)c(F)c3)CC2)cs1.I. The molecule has 0 bridgehead atoms. The first kappa shape index (κ1) is 23.8. The molecule has 0 amide bonds. The molecule has 1 saturated heterocycles. The summed E-state index contributed by atoms with van der Waals surface area (Å²) >= 11 is 1.70. The van der Waals surface area contributed by atoms with Gasteiger partial charge in [-0.2, -0.15) is 0 Å². The first-order valence-corrected chi connectivity index (χ1v) is 10.4. The lowest BCUT2D eigenvalue weighted by Gasteiger charge is -2.36. The Morgan fingerprint density at radius 1 is 1.31 bits per heavy atom. The van der Waals surface area contributed by atoms with Gasteiger partial charge < -0.3 is 15.0 Å². The van der Waals surface area contributed by atoms with Crippen molar-refractivity contribution >= 4 is 41.3 Å². The molecule has 1 aromatic carbocycles. The number of thiazole rings is 1. The topological polar surface area (TPSA) is 53.0 Å². The van der Waals surface area contributed by atoms with E-state index in [9.17, 15) is 4.39 Å². The maximum atomic E-state index is 13.9. The summed E-state index contributed by atoms with van der Waals surface area (Å²) < 4.78 is 18.9. The Morgan fingerprint density at radius 2 is 2.07 bits per heavy atom. The van der Waals surface area contributed by atoms with Gasteiger partial charge in [-0.25, -0.2) is 9.37 Å². The van der Waals surface area contributed by atoms with Crippen molar-refractivity contribution in [2.45, 2.75) is 26.4 Å². The average molecular weight is 533 g/mol. The summed E-state index contributed by atoms with van der Waals surface area (Å²) in [5, 5.41) is 6.68. The fraction of sp³-hybridized carbons (Fsp3) is 0.500. The van der Waals surface area contributed by atoms with Crippen LogP contribution in [0.5, 0.6) is 5.75 Å². The second-order valence-corrected chi connectivity index (χ2v) is 7.66. The number of aryl methyl sites for hydroxylation is 1. The van der Waals surface area contributed by atoms with Crippen LogP contribution in [0.1, 0.15) is 23.2 Å². The molecule has 9 heteroatoms. The third-order valence-corrected chi connectivity index (χ3v) is 5.88. The van der Waals surface area contributed by atoms with E-state index in [1.54, 1.807) is 23.5 Å². The predicted molar refractivity (Wildman–Crippen MR) is 127 cm³/mol. The Labute approximate surface area is 193 Å². The Bertz CT molecular complexity index is 808. The van der Waals surface area contributed by atoms with Crippen LogP contribution in [0.25, 0.3) is 0 Å². The normalized spacial score (nSPS) is 15.2. The molecule has 2 aromatic rings. The first-order valence-electron chi connectivity index (χ1n) is 9.56. The molecule has 0 unspecified atom stereocenters.